The zero-order valence-corrected chi connectivity index (χ0v) is 13.9. The first-order valence-electron chi connectivity index (χ1n) is 6.53. The average Bonchev–Trinajstić information content (AvgIpc) is 2.34. The highest BCUT2D eigenvalue weighted by Crippen LogP contribution is 2.27. The average molecular weight is 344 g/mol. The second kappa shape index (κ2) is 9.26. The van der Waals surface area contributed by atoms with E-state index in [1.807, 2.05) is 17.8 Å². The van der Waals surface area contributed by atoms with Crippen molar-refractivity contribution >= 4 is 33.7 Å². The predicted molar refractivity (Wildman–Crippen MR) is 88.9 cm³/mol. The summed E-state index contributed by atoms with van der Waals surface area (Å²) < 4.78 is 1.17. The zero-order valence-electron chi connectivity index (χ0n) is 11.5. The number of thioether (sulfide) groups is 1. The van der Waals surface area contributed by atoms with Crippen molar-refractivity contribution in [2.24, 2.45) is 10.7 Å². The molecular formula is C14H22BrN3S. The van der Waals surface area contributed by atoms with Crippen LogP contribution in [0.2, 0.25) is 0 Å². The number of nitrogens with two attached hydrogens (primary N) is 1. The summed E-state index contributed by atoms with van der Waals surface area (Å²) >= 11 is 5.43. The Hall–Kier alpha value is -0.680. The van der Waals surface area contributed by atoms with Gasteiger partial charge in [-0.3, -0.25) is 4.99 Å². The standard InChI is InChI=1S/C14H22BrN3S/c1-11(2)18-14(16)17-9-5-6-10-19-13-8-4-3-7-12(13)15/h3-4,7-8,11H,5-6,9-10H2,1-2H3,(H3,16,17,18). The normalized spacial score (nSPS) is 11.9. The molecule has 1 aromatic carbocycles. The maximum Gasteiger partial charge on any atom is 0.188 e. The second-order valence-electron chi connectivity index (χ2n) is 4.55. The number of nitrogens with zero attached hydrogens (tertiary/aromatic N) is 1. The number of hydrogen-bond donors (Lipinski definition) is 2. The zero-order chi connectivity index (χ0) is 14.1. The van der Waals surface area contributed by atoms with Crippen LogP contribution in [0.15, 0.2) is 38.6 Å². The van der Waals surface area contributed by atoms with Crippen LogP contribution in [0, 0.1) is 0 Å². The van der Waals surface area contributed by atoms with Crippen LogP contribution in [0.4, 0.5) is 0 Å². The highest BCUT2D eigenvalue weighted by atomic mass is 79.9. The molecule has 0 heterocycles. The Kier molecular flexibility index (Phi) is 7.98. The van der Waals surface area contributed by atoms with E-state index in [9.17, 15) is 0 Å². The van der Waals surface area contributed by atoms with Crippen molar-refractivity contribution in [3.05, 3.63) is 28.7 Å². The van der Waals surface area contributed by atoms with E-state index >= 15 is 0 Å². The molecule has 3 nitrogen and oxygen atoms in total. The number of guanidine groups is 1. The number of aliphatic imine (C=N–C) groups is 1. The molecule has 0 bridgehead atoms. The lowest BCUT2D eigenvalue weighted by atomic mass is 10.3. The molecular weight excluding hydrogens is 322 g/mol. The van der Waals surface area contributed by atoms with Gasteiger partial charge in [0.15, 0.2) is 5.96 Å². The first-order chi connectivity index (χ1) is 9.09. The molecule has 0 atom stereocenters. The van der Waals surface area contributed by atoms with Crippen LogP contribution in [0.1, 0.15) is 26.7 Å². The van der Waals surface area contributed by atoms with E-state index in [0.29, 0.717) is 12.0 Å². The lowest BCUT2D eigenvalue weighted by Gasteiger charge is -2.08. The van der Waals surface area contributed by atoms with Gasteiger partial charge in [0.2, 0.25) is 0 Å². The van der Waals surface area contributed by atoms with Gasteiger partial charge in [-0.05, 0) is 60.5 Å². The second-order valence-corrected chi connectivity index (χ2v) is 6.54. The topological polar surface area (TPSA) is 50.4 Å². The van der Waals surface area contributed by atoms with Crippen LogP contribution in [-0.2, 0) is 0 Å². The largest absolute Gasteiger partial charge is 0.370 e. The monoisotopic (exact) mass is 343 g/mol. The SMILES string of the molecule is CC(C)NC(N)=NCCCCSc1ccccc1Br. The maximum absolute atomic E-state index is 5.73. The Labute approximate surface area is 128 Å². The Bertz CT molecular complexity index is 407. The molecule has 1 aromatic rings. The van der Waals surface area contributed by atoms with Crippen molar-refractivity contribution in [2.45, 2.75) is 37.6 Å². The van der Waals surface area contributed by atoms with Gasteiger partial charge in [-0.15, -0.1) is 11.8 Å². The highest BCUT2D eigenvalue weighted by molar-refractivity contribution is 9.10. The quantitative estimate of drug-likeness (QED) is 0.344. The van der Waals surface area contributed by atoms with Crippen LogP contribution in [-0.4, -0.2) is 24.3 Å². The minimum atomic E-state index is 0.342. The van der Waals surface area contributed by atoms with Crippen molar-refractivity contribution in [1.29, 1.82) is 0 Å². The van der Waals surface area contributed by atoms with Gasteiger partial charge in [0.05, 0.1) is 0 Å². The molecule has 0 aliphatic rings. The van der Waals surface area contributed by atoms with E-state index in [4.69, 9.17) is 5.73 Å². The Balaban J connectivity index is 2.13. The van der Waals surface area contributed by atoms with Crippen LogP contribution in [0.25, 0.3) is 0 Å². The lowest BCUT2D eigenvalue weighted by molar-refractivity contribution is 0.718. The molecule has 0 aromatic heterocycles. The third-order valence-corrected chi connectivity index (χ3v) is 4.48. The van der Waals surface area contributed by atoms with E-state index < -0.39 is 0 Å². The molecule has 0 aliphatic heterocycles. The fraction of sp³-hybridized carbons (Fsp3) is 0.500. The third-order valence-electron chi connectivity index (χ3n) is 2.37. The summed E-state index contributed by atoms with van der Waals surface area (Å²) in [6, 6.07) is 8.65. The van der Waals surface area contributed by atoms with Gasteiger partial charge in [0.1, 0.15) is 0 Å². The van der Waals surface area contributed by atoms with Gasteiger partial charge < -0.3 is 11.1 Å². The maximum atomic E-state index is 5.73. The van der Waals surface area contributed by atoms with Crippen LogP contribution in [0.3, 0.4) is 0 Å². The fourth-order valence-electron chi connectivity index (χ4n) is 1.50. The van der Waals surface area contributed by atoms with E-state index in [-0.39, 0.29) is 0 Å². The lowest BCUT2D eigenvalue weighted by Crippen LogP contribution is -2.36. The summed E-state index contributed by atoms with van der Waals surface area (Å²) in [6.07, 6.45) is 2.21. The predicted octanol–water partition coefficient (Wildman–Crippen LogP) is 3.63. The summed E-state index contributed by atoms with van der Waals surface area (Å²) in [7, 11) is 0. The first kappa shape index (κ1) is 16.4. The minimum Gasteiger partial charge on any atom is -0.370 e. The van der Waals surface area contributed by atoms with E-state index in [0.717, 1.165) is 25.1 Å². The Morgan fingerprint density at radius 2 is 2.11 bits per heavy atom. The molecule has 1 rings (SSSR count). The minimum absolute atomic E-state index is 0.342. The van der Waals surface area contributed by atoms with Gasteiger partial charge in [0.25, 0.3) is 0 Å². The molecule has 0 unspecified atom stereocenters. The molecule has 0 saturated heterocycles. The van der Waals surface area contributed by atoms with Gasteiger partial charge in [0, 0.05) is 22.0 Å². The van der Waals surface area contributed by atoms with Crippen LogP contribution < -0.4 is 11.1 Å². The Morgan fingerprint density at radius 3 is 2.79 bits per heavy atom. The summed E-state index contributed by atoms with van der Waals surface area (Å²) in [5.74, 6) is 1.66. The van der Waals surface area contributed by atoms with Gasteiger partial charge >= 0.3 is 0 Å². The summed E-state index contributed by atoms with van der Waals surface area (Å²) in [6.45, 7) is 4.90. The number of benzene rings is 1. The molecule has 3 N–H and O–H groups in total. The van der Waals surface area contributed by atoms with Crippen molar-refractivity contribution in [1.82, 2.24) is 5.32 Å². The summed E-state index contributed by atoms with van der Waals surface area (Å²) in [4.78, 5) is 5.59. The van der Waals surface area contributed by atoms with E-state index in [1.165, 1.54) is 9.37 Å². The van der Waals surface area contributed by atoms with Crippen molar-refractivity contribution in [3.63, 3.8) is 0 Å². The van der Waals surface area contributed by atoms with E-state index in [2.05, 4.69) is 58.3 Å². The van der Waals surface area contributed by atoms with E-state index in [1.54, 1.807) is 0 Å². The first-order valence-corrected chi connectivity index (χ1v) is 8.31. The Morgan fingerprint density at radius 1 is 1.37 bits per heavy atom. The smallest absolute Gasteiger partial charge is 0.188 e. The molecule has 0 radical (unpaired) electrons. The van der Waals surface area contributed by atoms with Crippen LogP contribution >= 0.6 is 27.7 Å². The molecule has 0 saturated carbocycles. The van der Waals surface area contributed by atoms with Crippen molar-refractivity contribution in [2.75, 3.05) is 12.3 Å². The van der Waals surface area contributed by atoms with Crippen molar-refractivity contribution < 1.29 is 0 Å². The van der Waals surface area contributed by atoms with Gasteiger partial charge in [-0.25, -0.2) is 0 Å². The molecule has 0 spiro atoms. The molecule has 0 aliphatic carbocycles. The molecule has 5 heteroatoms. The van der Waals surface area contributed by atoms with Gasteiger partial charge in [-0.1, -0.05) is 12.1 Å². The van der Waals surface area contributed by atoms with Crippen LogP contribution in [0.5, 0.6) is 0 Å². The van der Waals surface area contributed by atoms with Crippen molar-refractivity contribution in [3.8, 4) is 0 Å². The highest BCUT2D eigenvalue weighted by Gasteiger charge is 1.99. The molecule has 0 amide bonds. The number of halogens is 1. The van der Waals surface area contributed by atoms with Gasteiger partial charge in [-0.2, -0.15) is 0 Å². The fourth-order valence-corrected chi connectivity index (χ4v) is 3.08. The summed E-state index contributed by atoms with van der Waals surface area (Å²) in [5.41, 5.74) is 5.73. The number of rotatable bonds is 7. The number of unbranched alkanes of at least 4 members (excludes halogenated alkanes) is 1. The molecule has 106 valence electrons. The molecule has 19 heavy (non-hydrogen) atoms. The summed E-state index contributed by atoms with van der Waals surface area (Å²) in [5, 5.41) is 3.08. The third kappa shape index (κ3) is 7.47. The number of nitrogens with one attached hydrogen (secondary N) is 1. The molecule has 0 fully saturated rings. The number of hydrogen-bond acceptors (Lipinski definition) is 2.